The number of carbonyl (C=O) groups excluding carboxylic acids is 1. The summed E-state index contributed by atoms with van der Waals surface area (Å²) in [5.74, 6) is -1.23. The Balaban J connectivity index is 1.23. The van der Waals surface area contributed by atoms with Gasteiger partial charge in [-0.25, -0.2) is 8.78 Å². The van der Waals surface area contributed by atoms with Gasteiger partial charge in [0.1, 0.15) is 11.6 Å². The van der Waals surface area contributed by atoms with Crippen molar-refractivity contribution >= 4 is 5.91 Å². The van der Waals surface area contributed by atoms with Crippen molar-refractivity contribution in [3.63, 3.8) is 0 Å². The van der Waals surface area contributed by atoms with Crippen LogP contribution in [-0.2, 0) is 26.1 Å². The van der Waals surface area contributed by atoms with Crippen LogP contribution in [0.1, 0.15) is 40.0 Å². The van der Waals surface area contributed by atoms with Crippen LogP contribution in [0.15, 0.2) is 48.7 Å². The van der Waals surface area contributed by atoms with Gasteiger partial charge in [-0.15, -0.1) is 5.10 Å². The Morgan fingerprint density at radius 1 is 1.06 bits per heavy atom. The van der Waals surface area contributed by atoms with Gasteiger partial charge in [0.05, 0.1) is 12.7 Å². The number of benzene rings is 2. The van der Waals surface area contributed by atoms with Gasteiger partial charge in [0.2, 0.25) is 0 Å². The fourth-order valence-corrected chi connectivity index (χ4v) is 4.78. The van der Waals surface area contributed by atoms with Gasteiger partial charge in [0, 0.05) is 31.7 Å². The predicted octanol–water partition coefficient (Wildman–Crippen LogP) is 3.42. The van der Waals surface area contributed by atoms with Gasteiger partial charge in [-0.2, -0.15) is 0 Å². The molecule has 1 atom stereocenters. The minimum Gasteiger partial charge on any atom is -0.333 e. The Kier molecular flexibility index (Phi) is 5.70. The van der Waals surface area contributed by atoms with Gasteiger partial charge in [0.15, 0.2) is 5.69 Å². The molecule has 0 spiro atoms. The average Bonchev–Trinajstić information content (AvgIpc) is 3.42. The first-order valence-electron chi connectivity index (χ1n) is 11.0. The summed E-state index contributed by atoms with van der Waals surface area (Å²) in [4.78, 5) is 17.0. The van der Waals surface area contributed by atoms with Crippen LogP contribution in [0.5, 0.6) is 0 Å². The highest BCUT2D eigenvalue weighted by atomic mass is 19.1. The monoisotopic (exact) mass is 437 g/mol. The second kappa shape index (κ2) is 8.78. The average molecular weight is 437 g/mol. The van der Waals surface area contributed by atoms with Crippen LogP contribution in [0.4, 0.5) is 8.78 Å². The van der Waals surface area contributed by atoms with E-state index in [1.54, 1.807) is 10.9 Å². The lowest BCUT2D eigenvalue weighted by Gasteiger charge is -2.28. The minimum absolute atomic E-state index is 0.107. The molecule has 1 aromatic heterocycles. The third-order valence-electron chi connectivity index (χ3n) is 6.38. The van der Waals surface area contributed by atoms with Crippen LogP contribution < -0.4 is 0 Å². The molecule has 166 valence electrons. The van der Waals surface area contributed by atoms with Crippen LogP contribution in [0.25, 0.3) is 0 Å². The zero-order chi connectivity index (χ0) is 22.1. The number of amides is 1. The van der Waals surface area contributed by atoms with Gasteiger partial charge < -0.3 is 4.90 Å². The normalized spacial score (nSPS) is 18.7. The van der Waals surface area contributed by atoms with Crippen molar-refractivity contribution in [2.24, 2.45) is 0 Å². The summed E-state index contributed by atoms with van der Waals surface area (Å²) in [6, 6.07) is 12.0. The van der Waals surface area contributed by atoms with Gasteiger partial charge in [-0.3, -0.25) is 14.4 Å². The van der Waals surface area contributed by atoms with Crippen LogP contribution in [0, 0.1) is 11.6 Å². The molecule has 0 bridgehead atoms. The quantitative estimate of drug-likeness (QED) is 0.614. The molecular weight excluding hydrogens is 412 g/mol. The lowest BCUT2D eigenvalue weighted by Crippen LogP contribution is -2.36. The lowest BCUT2D eigenvalue weighted by atomic mass is 10.00. The molecule has 1 amide bonds. The number of likely N-dealkylation sites (tertiary alicyclic amines) is 1. The van der Waals surface area contributed by atoms with E-state index >= 15 is 0 Å². The van der Waals surface area contributed by atoms with E-state index in [9.17, 15) is 13.6 Å². The Morgan fingerprint density at radius 3 is 2.66 bits per heavy atom. The van der Waals surface area contributed by atoms with Crippen molar-refractivity contribution in [1.29, 1.82) is 0 Å². The highest BCUT2D eigenvalue weighted by Gasteiger charge is 2.27. The van der Waals surface area contributed by atoms with Crippen molar-refractivity contribution in [3.05, 3.63) is 82.7 Å². The number of rotatable bonds is 5. The van der Waals surface area contributed by atoms with Crippen molar-refractivity contribution < 1.29 is 13.6 Å². The Morgan fingerprint density at radius 2 is 1.84 bits per heavy atom. The van der Waals surface area contributed by atoms with Gasteiger partial charge in [-0.05, 0) is 54.6 Å². The number of carbonyl (C=O) groups is 1. The molecule has 8 heteroatoms. The zero-order valence-corrected chi connectivity index (χ0v) is 17.8. The zero-order valence-electron chi connectivity index (χ0n) is 17.8. The maximum Gasteiger partial charge on any atom is 0.276 e. The van der Waals surface area contributed by atoms with Crippen molar-refractivity contribution in [2.45, 2.75) is 44.9 Å². The van der Waals surface area contributed by atoms with E-state index in [0.29, 0.717) is 37.4 Å². The van der Waals surface area contributed by atoms with Gasteiger partial charge in [0.25, 0.3) is 5.91 Å². The number of nitrogens with zero attached hydrogens (tertiary/aromatic N) is 5. The molecule has 1 saturated heterocycles. The third kappa shape index (κ3) is 4.41. The maximum absolute atomic E-state index is 13.5. The van der Waals surface area contributed by atoms with Gasteiger partial charge >= 0.3 is 0 Å². The van der Waals surface area contributed by atoms with E-state index in [1.165, 1.54) is 23.3 Å². The van der Waals surface area contributed by atoms with Crippen molar-refractivity contribution in [1.82, 2.24) is 24.8 Å². The van der Waals surface area contributed by atoms with Crippen LogP contribution in [0.2, 0.25) is 0 Å². The first kappa shape index (κ1) is 20.8. The van der Waals surface area contributed by atoms with E-state index < -0.39 is 11.6 Å². The fraction of sp³-hybridized carbons (Fsp3) is 0.375. The smallest absolute Gasteiger partial charge is 0.276 e. The molecule has 6 nitrogen and oxygen atoms in total. The molecule has 3 heterocycles. The summed E-state index contributed by atoms with van der Waals surface area (Å²) in [6.45, 7) is 3.18. The van der Waals surface area contributed by atoms with Crippen molar-refractivity contribution in [2.75, 3.05) is 13.1 Å². The third-order valence-corrected chi connectivity index (χ3v) is 6.38. The summed E-state index contributed by atoms with van der Waals surface area (Å²) in [5.41, 5.74) is 3.44. The number of halogens is 2. The van der Waals surface area contributed by atoms with E-state index in [-0.39, 0.29) is 11.9 Å². The maximum atomic E-state index is 13.5. The molecule has 2 aromatic carbocycles. The van der Waals surface area contributed by atoms with Crippen LogP contribution >= 0.6 is 0 Å². The first-order valence-corrected chi connectivity index (χ1v) is 11.0. The Labute approximate surface area is 185 Å². The minimum atomic E-state index is -0.560. The molecule has 0 unspecified atom stereocenters. The molecule has 2 aliphatic rings. The number of hydrogen-bond acceptors (Lipinski definition) is 4. The summed E-state index contributed by atoms with van der Waals surface area (Å²) in [5, 5.41) is 8.31. The highest BCUT2D eigenvalue weighted by molar-refractivity contribution is 5.92. The molecule has 1 fully saturated rings. The van der Waals surface area contributed by atoms with E-state index in [2.05, 4.69) is 27.3 Å². The Bertz CT molecular complexity index is 1110. The van der Waals surface area contributed by atoms with E-state index in [1.807, 2.05) is 17.0 Å². The molecule has 0 N–H and O–H groups in total. The molecule has 2 aliphatic heterocycles. The van der Waals surface area contributed by atoms with Crippen molar-refractivity contribution in [3.8, 4) is 0 Å². The number of fused-ring (bicyclic) bond motifs is 1. The second-order valence-electron chi connectivity index (χ2n) is 8.62. The van der Waals surface area contributed by atoms with E-state index in [0.717, 1.165) is 31.9 Å². The predicted molar refractivity (Wildman–Crippen MR) is 115 cm³/mol. The molecular formula is C24H25F2N5O. The fourth-order valence-electron chi connectivity index (χ4n) is 4.78. The highest BCUT2D eigenvalue weighted by Crippen LogP contribution is 2.23. The lowest BCUT2D eigenvalue weighted by molar-refractivity contribution is 0.0728. The molecule has 5 rings (SSSR count). The topological polar surface area (TPSA) is 54.3 Å². The van der Waals surface area contributed by atoms with E-state index in [4.69, 9.17) is 0 Å². The van der Waals surface area contributed by atoms with Gasteiger partial charge in [-0.1, -0.05) is 29.5 Å². The molecule has 0 aliphatic carbocycles. The summed E-state index contributed by atoms with van der Waals surface area (Å²) in [6.07, 6.45) is 4.52. The summed E-state index contributed by atoms with van der Waals surface area (Å²) in [7, 11) is 0. The molecule has 0 saturated carbocycles. The summed E-state index contributed by atoms with van der Waals surface area (Å²) < 4.78 is 28.8. The second-order valence-corrected chi connectivity index (χ2v) is 8.62. The molecule has 32 heavy (non-hydrogen) atoms. The summed E-state index contributed by atoms with van der Waals surface area (Å²) >= 11 is 0. The number of aromatic nitrogens is 3. The van der Waals surface area contributed by atoms with Crippen LogP contribution in [-0.4, -0.2) is 49.8 Å². The standard InChI is InChI=1S/C24H25F2N5O/c25-20-10-17(11-21(26)12-20)13-29-8-3-6-22(29)15-31-16-23(27-28-31)24(32)30-9-7-18-4-1-2-5-19(18)14-30/h1-2,4-5,10-12,16,22H,3,6-9,13-15H2/t22-/m0/s1. The molecule has 0 radical (unpaired) electrons. The molecule has 3 aromatic rings. The van der Waals surface area contributed by atoms with Crippen LogP contribution in [0.3, 0.4) is 0 Å². The first-order chi connectivity index (χ1) is 15.5. The number of hydrogen-bond donors (Lipinski definition) is 0. The SMILES string of the molecule is O=C(c1cn(C[C@@H]2CCCN2Cc2cc(F)cc(F)c2)nn1)N1CCc2ccccc2C1. The largest absolute Gasteiger partial charge is 0.333 e. The Hall–Kier alpha value is -3.13.